The number of halogens is 2. The second kappa shape index (κ2) is 4.40. The maximum atomic E-state index is 13.2. The van der Waals surface area contributed by atoms with Gasteiger partial charge < -0.3 is 15.5 Å². The fourth-order valence-corrected chi connectivity index (χ4v) is 2.10. The Kier molecular flexibility index (Phi) is 2.83. The van der Waals surface area contributed by atoms with Gasteiger partial charge in [-0.1, -0.05) is 0 Å². The number of imidazole rings is 1. The average molecular weight is 265 g/mol. The quantitative estimate of drug-likeness (QED) is 0.885. The molecule has 0 spiro atoms. The van der Waals surface area contributed by atoms with Crippen molar-refractivity contribution in [3.8, 4) is 11.3 Å². The van der Waals surface area contributed by atoms with Crippen LogP contribution in [0, 0.1) is 11.6 Å². The molecule has 0 radical (unpaired) electrons. The third-order valence-electron chi connectivity index (χ3n) is 3.46. The Morgan fingerprint density at radius 3 is 2.68 bits per heavy atom. The lowest BCUT2D eigenvalue weighted by Crippen LogP contribution is -2.52. The third-order valence-corrected chi connectivity index (χ3v) is 3.46. The van der Waals surface area contributed by atoms with E-state index in [0.717, 1.165) is 18.0 Å². The number of benzene rings is 1. The SMILES string of the molecule is NCC1(c2ncc(-c3ccc(F)c(F)c3)[nH]2)COC1. The first-order valence-corrected chi connectivity index (χ1v) is 5.93. The number of rotatable bonds is 3. The minimum absolute atomic E-state index is 0.281. The molecule has 1 aromatic carbocycles. The maximum Gasteiger partial charge on any atom is 0.159 e. The number of nitrogens with zero attached hydrogens (tertiary/aromatic N) is 1. The van der Waals surface area contributed by atoms with Crippen LogP contribution in [-0.4, -0.2) is 29.7 Å². The van der Waals surface area contributed by atoms with E-state index in [2.05, 4.69) is 9.97 Å². The van der Waals surface area contributed by atoms with Gasteiger partial charge in [0.05, 0.1) is 30.5 Å². The molecule has 0 bridgehead atoms. The van der Waals surface area contributed by atoms with Gasteiger partial charge in [0.25, 0.3) is 0 Å². The molecule has 1 aliphatic rings. The summed E-state index contributed by atoms with van der Waals surface area (Å²) in [4.78, 5) is 7.39. The highest BCUT2D eigenvalue weighted by Gasteiger charge is 2.41. The molecule has 2 heterocycles. The van der Waals surface area contributed by atoms with E-state index in [1.54, 1.807) is 6.20 Å². The molecule has 0 unspecified atom stereocenters. The van der Waals surface area contributed by atoms with Crippen molar-refractivity contribution in [3.05, 3.63) is 41.9 Å². The second-order valence-electron chi connectivity index (χ2n) is 4.75. The highest BCUT2D eigenvalue weighted by atomic mass is 19.2. The van der Waals surface area contributed by atoms with Gasteiger partial charge in [0.1, 0.15) is 5.82 Å². The zero-order chi connectivity index (χ0) is 13.5. The van der Waals surface area contributed by atoms with E-state index in [4.69, 9.17) is 10.5 Å². The predicted octanol–water partition coefficient (Wildman–Crippen LogP) is 1.58. The standard InChI is InChI=1S/C13H13F2N3O/c14-9-2-1-8(3-10(9)15)11-4-17-12(18-11)13(5-16)6-19-7-13/h1-4H,5-7,16H2,(H,17,18). The molecular weight excluding hydrogens is 252 g/mol. The number of aromatic amines is 1. The minimum Gasteiger partial charge on any atom is -0.379 e. The largest absolute Gasteiger partial charge is 0.379 e. The summed E-state index contributed by atoms with van der Waals surface area (Å²) >= 11 is 0. The van der Waals surface area contributed by atoms with Crippen LogP contribution >= 0.6 is 0 Å². The monoisotopic (exact) mass is 265 g/mol. The predicted molar refractivity (Wildman–Crippen MR) is 65.5 cm³/mol. The van der Waals surface area contributed by atoms with Gasteiger partial charge in [-0.3, -0.25) is 0 Å². The van der Waals surface area contributed by atoms with E-state index >= 15 is 0 Å². The lowest BCUT2D eigenvalue weighted by Gasteiger charge is -2.38. The number of nitrogens with one attached hydrogen (secondary N) is 1. The van der Waals surface area contributed by atoms with Crippen LogP contribution in [0.15, 0.2) is 24.4 Å². The van der Waals surface area contributed by atoms with Gasteiger partial charge in [-0.15, -0.1) is 0 Å². The molecule has 0 amide bonds. The first kappa shape index (κ1) is 12.3. The van der Waals surface area contributed by atoms with Crippen LogP contribution in [0.3, 0.4) is 0 Å². The number of hydrogen-bond donors (Lipinski definition) is 2. The summed E-state index contributed by atoms with van der Waals surface area (Å²) in [6.07, 6.45) is 1.59. The number of hydrogen-bond acceptors (Lipinski definition) is 3. The Morgan fingerprint density at radius 2 is 2.11 bits per heavy atom. The van der Waals surface area contributed by atoms with Crippen molar-refractivity contribution in [2.75, 3.05) is 19.8 Å². The molecule has 3 rings (SSSR count). The summed E-state index contributed by atoms with van der Waals surface area (Å²) in [5, 5.41) is 0. The smallest absolute Gasteiger partial charge is 0.159 e. The van der Waals surface area contributed by atoms with Crippen molar-refractivity contribution < 1.29 is 13.5 Å². The summed E-state index contributed by atoms with van der Waals surface area (Å²) in [6, 6.07) is 3.73. The molecule has 3 N–H and O–H groups in total. The molecule has 0 atom stereocenters. The minimum atomic E-state index is -0.880. The van der Waals surface area contributed by atoms with Gasteiger partial charge in [0.15, 0.2) is 11.6 Å². The molecule has 2 aromatic rings. The van der Waals surface area contributed by atoms with E-state index < -0.39 is 11.6 Å². The number of aromatic nitrogens is 2. The van der Waals surface area contributed by atoms with Gasteiger partial charge in [-0.05, 0) is 18.2 Å². The van der Waals surface area contributed by atoms with Crippen LogP contribution in [0.2, 0.25) is 0 Å². The van der Waals surface area contributed by atoms with Crippen LogP contribution in [0.25, 0.3) is 11.3 Å². The third kappa shape index (κ3) is 1.93. The maximum absolute atomic E-state index is 13.2. The van der Waals surface area contributed by atoms with Gasteiger partial charge in [-0.2, -0.15) is 0 Å². The van der Waals surface area contributed by atoms with Gasteiger partial charge in [0, 0.05) is 12.1 Å². The Morgan fingerprint density at radius 1 is 1.32 bits per heavy atom. The van der Waals surface area contributed by atoms with E-state index in [9.17, 15) is 8.78 Å². The molecule has 0 saturated carbocycles. The van der Waals surface area contributed by atoms with Crippen molar-refractivity contribution >= 4 is 0 Å². The average Bonchev–Trinajstić information content (AvgIpc) is 2.82. The zero-order valence-corrected chi connectivity index (χ0v) is 10.1. The first-order chi connectivity index (χ1) is 9.14. The van der Waals surface area contributed by atoms with E-state index in [1.165, 1.54) is 6.07 Å². The second-order valence-corrected chi connectivity index (χ2v) is 4.75. The Hall–Kier alpha value is -1.79. The molecule has 100 valence electrons. The summed E-state index contributed by atoms with van der Waals surface area (Å²) in [6.45, 7) is 1.47. The van der Waals surface area contributed by atoms with Crippen molar-refractivity contribution in [2.45, 2.75) is 5.41 Å². The van der Waals surface area contributed by atoms with Crippen molar-refractivity contribution in [1.82, 2.24) is 9.97 Å². The van der Waals surface area contributed by atoms with E-state index in [1.807, 2.05) is 0 Å². The molecule has 1 aromatic heterocycles. The summed E-state index contributed by atoms with van der Waals surface area (Å²) in [5.74, 6) is -1.02. The zero-order valence-electron chi connectivity index (χ0n) is 10.1. The van der Waals surface area contributed by atoms with Crippen molar-refractivity contribution in [3.63, 3.8) is 0 Å². The molecule has 0 aliphatic carbocycles. The summed E-state index contributed by atoms with van der Waals surface area (Å²) in [7, 11) is 0. The van der Waals surface area contributed by atoms with Crippen LogP contribution in [0.4, 0.5) is 8.78 Å². The lowest BCUT2D eigenvalue weighted by atomic mass is 9.85. The highest BCUT2D eigenvalue weighted by Crippen LogP contribution is 2.30. The van der Waals surface area contributed by atoms with Crippen LogP contribution < -0.4 is 5.73 Å². The fourth-order valence-electron chi connectivity index (χ4n) is 2.10. The normalized spacial score (nSPS) is 17.2. The van der Waals surface area contributed by atoms with E-state index in [0.29, 0.717) is 31.0 Å². The van der Waals surface area contributed by atoms with Crippen LogP contribution in [-0.2, 0) is 10.2 Å². The van der Waals surface area contributed by atoms with Crippen molar-refractivity contribution in [2.24, 2.45) is 5.73 Å². The molecule has 1 aliphatic heterocycles. The Labute approximate surface area is 108 Å². The van der Waals surface area contributed by atoms with Crippen LogP contribution in [0.1, 0.15) is 5.82 Å². The van der Waals surface area contributed by atoms with Gasteiger partial charge in [-0.25, -0.2) is 13.8 Å². The first-order valence-electron chi connectivity index (χ1n) is 5.93. The molecule has 1 saturated heterocycles. The highest BCUT2D eigenvalue weighted by molar-refractivity contribution is 5.58. The fraction of sp³-hybridized carbons (Fsp3) is 0.308. The molecule has 1 fully saturated rings. The van der Waals surface area contributed by atoms with Gasteiger partial charge in [0.2, 0.25) is 0 Å². The molecule has 6 heteroatoms. The van der Waals surface area contributed by atoms with Crippen molar-refractivity contribution in [1.29, 1.82) is 0 Å². The Bertz CT molecular complexity index is 602. The van der Waals surface area contributed by atoms with Gasteiger partial charge >= 0.3 is 0 Å². The number of ether oxygens (including phenoxy) is 1. The molecular formula is C13H13F2N3O. The Balaban J connectivity index is 1.94. The summed E-state index contributed by atoms with van der Waals surface area (Å²) < 4.78 is 31.3. The molecule has 4 nitrogen and oxygen atoms in total. The number of H-pyrrole nitrogens is 1. The molecule has 19 heavy (non-hydrogen) atoms. The van der Waals surface area contributed by atoms with E-state index in [-0.39, 0.29) is 5.41 Å². The summed E-state index contributed by atoms with van der Waals surface area (Å²) in [5.41, 5.74) is 6.64. The van der Waals surface area contributed by atoms with Crippen LogP contribution in [0.5, 0.6) is 0 Å². The topological polar surface area (TPSA) is 63.9 Å². The number of nitrogens with two attached hydrogens (primary N) is 1. The lowest BCUT2D eigenvalue weighted by molar-refractivity contribution is -0.0589.